The number of alkyl halides is 3. The van der Waals surface area contributed by atoms with Crippen molar-refractivity contribution in [2.45, 2.75) is 31.5 Å². The molecule has 1 N–H and O–H groups in total. The van der Waals surface area contributed by atoms with Crippen LogP contribution in [0.1, 0.15) is 24.8 Å². The smallest absolute Gasteiger partial charge is 0.374 e. The molecule has 0 bridgehead atoms. The SMILES string of the molecule is CSCCC(Nc1ccc(C(F)(F)F)cc1)C(=O)N1CCCCN1C#N. The van der Waals surface area contributed by atoms with Gasteiger partial charge in [0.2, 0.25) is 0 Å². The molecule has 1 atom stereocenters. The number of nitrogens with zero attached hydrogens (tertiary/aromatic N) is 3. The molecule has 5 nitrogen and oxygen atoms in total. The molecule has 1 fully saturated rings. The standard InChI is InChI=1S/C17H21F3N4OS/c1-26-11-8-15(16(25)24-10-3-2-9-23(24)12-21)22-14-6-4-13(5-7-14)17(18,19)20/h4-7,15,22H,2-3,8-11H2,1H3. The number of carbonyl (C=O) groups is 1. The topological polar surface area (TPSA) is 59.4 Å². The quantitative estimate of drug-likeness (QED) is 0.758. The van der Waals surface area contributed by atoms with Gasteiger partial charge in [0.25, 0.3) is 5.91 Å². The maximum atomic E-state index is 12.9. The highest BCUT2D eigenvalue weighted by Gasteiger charge is 2.31. The summed E-state index contributed by atoms with van der Waals surface area (Å²) in [6.07, 6.45) is 1.71. The van der Waals surface area contributed by atoms with Crippen molar-refractivity contribution in [3.63, 3.8) is 0 Å². The first-order chi connectivity index (χ1) is 12.4. The molecule has 1 aromatic carbocycles. The molecule has 0 radical (unpaired) electrons. The molecule has 2 rings (SSSR count). The average molecular weight is 386 g/mol. The summed E-state index contributed by atoms with van der Waals surface area (Å²) in [7, 11) is 0. The van der Waals surface area contributed by atoms with Gasteiger partial charge in [0.05, 0.1) is 12.1 Å². The third kappa shape index (κ3) is 5.21. The molecule has 1 aromatic rings. The van der Waals surface area contributed by atoms with Crippen LogP contribution in [0.3, 0.4) is 0 Å². The Labute approximate surface area is 155 Å². The number of hydrogen-bond acceptors (Lipinski definition) is 5. The largest absolute Gasteiger partial charge is 0.416 e. The van der Waals surface area contributed by atoms with Crippen LogP contribution in [0.25, 0.3) is 0 Å². The van der Waals surface area contributed by atoms with E-state index in [4.69, 9.17) is 0 Å². The van der Waals surface area contributed by atoms with Crippen LogP contribution < -0.4 is 5.32 Å². The van der Waals surface area contributed by atoms with Crippen LogP contribution in [-0.2, 0) is 11.0 Å². The number of nitrogens with one attached hydrogen (secondary N) is 1. The van der Waals surface area contributed by atoms with Crippen LogP contribution in [0, 0.1) is 11.5 Å². The predicted octanol–water partition coefficient (Wildman–Crippen LogP) is 3.56. The van der Waals surface area contributed by atoms with Crippen molar-refractivity contribution in [2.75, 3.05) is 30.4 Å². The fourth-order valence-electron chi connectivity index (χ4n) is 2.73. The van der Waals surface area contributed by atoms with Gasteiger partial charge in [-0.1, -0.05) is 0 Å². The molecule has 0 aromatic heterocycles. The molecule has 0 aliphatic carbocycles. The number of rotatable bonds is 6. The molecule has 1 amide bonds. The summed E-state index contributed by atoms with van der Waals surface area (Å²) in [6, 6.07) is 4.01. The Hall–Kier alpha value is -2.08. The summed E-state index contributed by atoms with van der Waals surface area (Å²) in [5.74, 6) is 0.477. The van der Waals surface area contributed by atoms with E-state index in [0.717, 1.165) is 25.0 Å². The summed E-state index contributed by atoms with van der Waals surface area (Å²) >= 11 is 1.58. The van der Waals surface area contributed by atoms with Gasteiger partial charge in [-0.05, 0) is 55.5 Å². The Morgan fingerprint density at radius 3 is 2.54 bits per heavy atom. The number of benzene rings is 1. The van der Waals surface area contributed by atoms with Crippen LogP contribution in [0.15, 0.2) is 24.3 Å². The molecule has 1 aliphatic rings. The third-order valence-electron chi connectivity index (χ3n) is 4.11. The number of carbonyl (C=O) groups excluding carboxylic acids is 1. The normalized spacial score (nSPS) is 16.1. The zero-order chi connectivity index (χ0) is 19.2. The van der Waals surface area contributed by atoms with Crippen molar-refractivity contribution in [1.29, 1.82) is 5.26 Å². The number of anilines is 1. The highest BCUT2D eigenvalue weighted by atomic mass is 32.2. The number of hydrogen-bond donors (Lipinski definition) is 1. The Bertz CT molecular complexity index is 645. The van der Waals surface area contributed by atoms with Crippen molar-refractivity contribution in [3.8, 4) is 6.19 Å². The van der Waals surface area contributed by atoms with E-state index in [1.54, 1.807) is 11.8 Å². The van der Waals surface area contributed by atoms with E-state index in [-0.39, 0.29) is 5.91 Å². The molecule has 0 saturated carbocycles. The molecular weight excluding hydrogens is 365 g/mol. The van der Waals surface area contributed by atoms with Crippen molar-refractivity contribution in [2.24, 2.45) is 0 Å². The van der Waals surface area contributed by atoms with E-state index >= 15 is 0 Å². The Balaban J connectivity index is 2.13. The summed E-state index contributed by atoms with van der Waals surface area (Å²) < 4.78 is 38.0. The first-order valence-corrected chi connectivity index (χ1v) is 9.67. The van der Waals surface area contributed by atoms with Crippen LogP contribution in [0.2, 0.25) is 0 Å². The van der Waals surface area contributed by atoms with Gasteiger partial charge in [-0.15, -0.1) is 0 Å². The van der Waals surface area contributed by atoms with Crippen molar-refractivity contribution in [3.05, 3.63) is 29.8 Å². The molecule has 1 heterocycles. The lowest BCUT2D eigenvalue weighted by atomic mass is 10.1. The first kappa shape index (κ1) is 20.2. The number of hydrazine groups is 1. The molecule has 0 spiro atoms. The van der Waals surface area contributed by atoms with Gasteiger partial charge in [-0.2, -0.15) is 30.2 Å². The lowest BCUT2D eigenvalue weighted by Gasteiger charge is -2.36. The monoisotopic (exact) mass is 386 g/mol. The molecule has 1 saturated heterocycles. The molecular formula is C17H21F3N4OS. The zero-order valence-corrected chi connectivity index (χ0v) is 15.2. The van der Waals surface area contributed by atoms with E-state index in [1.807, 2.05) is 12.4 Å². The second kappa shape index (κ2) is 9.03. The fraction of sp³-hybridized carbons (Fsp3) is 0.529. The summed E-state index contributed by atoms with van der Waals surface area (Å²) in [5.41, 5.74) is -0.292. The number of nitriles is 1. The fourth-order valence-corrected chi connectivity index (χ4v) is 3.20. The number of halogens is 3. The molecule has 142 valence electrons. The van der Waals surface area contributed by atoms with E-state index in [2.05, 4.69) is 5.32 Å². The van der Waals surface area contributed by atoms with Crippen LogP contribution in [-0.4, -0.2) is 47.1 Å². The predicted molar refractivity (Wildman–Crippen MR) is 95.1 cm³/mol. The second-order valence-electron chi connectivity index (χ2n) is 5.95. The summed E-state index contributed by atoms with van der Waals surface area (Å²) in [6.45, 7) is 0.967. The highest BCUT2D eigenvalue weighted by Crippen LogP contribution is 2.30. The second-order valence-corrected chi connectivity index (χ2v) is 6.93. The highest BCUT2D eigenvalue weighted by molar-refractivity contribution is 7.98. The maximum absolute atomic E-state index is 12.9. The first-order valence-electron chi connectivity index (χ1n) is 8.28. The average Bonchev–Trinajstić information content (AvgIpc) is 2.64. The Kier molecular flexibility index (Phi) is 7.03. The molecule has 26 heavy (non-hydrogen) atoms. The van der Waals surface area contributed by atoms with E-state index in [9.17, 15) is 23.2 Å². The minimum absolute atomic E-state index is 0.236. The minimum Gasteiger partial charge on any atom is -0.374 e. The van der Waals surface area contributed by atoms with Gasteiger partial charge in [-0.25, -0.2) is 10.0 Å². The van der Waals surface area contributed by atoms with Gasteiger partial charge in [0, 0.05) is 12.2 Å². The van der Waals surface area contributed by atoms with Gasteiger partial charge < -0.3 is 5.32 Å². The minimum atomic E-state index is -4.40. The van der Waals surface area contributed by atoms with Crippen molar-refractivity contribution >= 4 is 23.4 Å². The molecule has 9 heteroatoms. The van der Waals surface area contributed by atoms with Crippen LogP contribution in [0.4, 0.5) is 18.9 Å². The summed E-state index contributed by atoms with van der Waals surface area (Å²) in [4.78, 5) is 12.9. The van der Waals surface area contributed by atoms with Crippen molar-refractivity contribution in [1.82, 2.24) is 10.0 Å². The van der Waals surface area contributed by atoms with Crippen LogP contribution >= 0.6 is 11.8 Å². The van der Waals surface area contributed by atoms with Crippen molar-refractivity contribution < 1.29 is 18.0 Å². The van der Waals surface area contributed by atoms with E-state index in [0.29, 0.717) is 31.0 Å². The van der Waals surface area contributed by atoms with Crippen LogP contribution in [0.5, 0.6) is 0 Å². The number of amides is 1. The zero-order valence-electron chi connectivity index (χ0n) is 14.4. The lowest BCUT2D eigenvalue weighted by Crippen LogP contribution is -2.53. The van der Waals surface area contributed by atoms with Gasteiger partial charge in [0.15, 0.2) is 6.19 Å². The van der Waals surface area contributed by atoms with Gasteiger partial charge in [-0.3, -0.25) is 4.79 Å². The number of thioether (sulfide) groups is 1. The lowest BCUT2D eigenvalue weighted by molar-refractivity contribution is -0.147. The molecule has 1 aliphatic heterocycles. The Morgan fingerprint density at radius 2 is 1.96 bits per heavy atom. The third-order valence-corrected chi connectivity index (χ3v) is 4.76. The summed E-state index contributed by atoms with van der Waals surface area (Å²) in [5, 5.41) is 15.0. The molecule has 1 unspecified atom stereocenters. The van der Waals surface area contributed by atoms with E-state index < -0.39 is 17.8 Å². The Morgan fingerprint density at radius 1 is 1.31 bits per heavy atom. The van der Waals surface area contributed by atoms with E-state index in [1.165, 1.54) is 22.2 Å². The van der Waals surface area contributed by atoms with Gasteiger partial charge >= 0.3 is 6.18 Å². The maximum Gasteiger partial charge on any atom is 0.416 e. The van der Waals surface area contributed by atoms with Gasteiger partial charge in [0.1, 0.15) is 6.04 Å².